The van der Waals surface area contributed by atoms with Crippen LogP contribution in [0.1, 0.15) is 19.3 Å². The predicted octanol–water partition coefficient (Wildman–Crippen LogP) is 4.71. The quantitative estimate of drug-likeness (QED) is 0.587. The van der Waals surface area contributed by atoms with Gasteiger partial charge in [-0.2, -0.15) is 4.98 Å². The number of likely N-dealkylation sites (tertiary alicyclic amines) is 1. The Bertz CT molecular complexity index is 805. The fraction of sp³-hybridized carbons (Fsp3) is 0.353. The summed E-state index contributed by atoms with van der Waals surface area (Å²) < 4.78 is 0.773. The molecule has 1 fully saturated rings. The lowest BCUT2D eigenvalue weighted by Crippen LogP contribution is -2.27. The van der Waals surface area contributed by atoms with Crippen LogP contribution in [0, 0.1) is 0 Å². The second-order valence-corrected chi connectivity index (χ2v) is 7.58. The number of aromatic nitrogens is 2. The van der Waals surface area contributed by atoms with Crippen LogP contribution in [0.4, 0.5) is 17.5 Å². The molecule has 1 saturated heterocycles. The summed E-state index contributed by atoms with van der Waals surface area (Å²) in [7, 11) is 0. The molecule has 26 heavy (non-hydrogen) atoms. The van der Waals surface area contributed by atoms with E-state index < -0.39 is 0 Å². The minimum Gasteiger partial charge on any atom is -0.369 e. The van der Waals surface area contributed by atoms with Gasteiger partial charge >= 0.3 is 0 Å². The SMILES string of the molecule is O=C1CCCN1CCCNc1nc(Nc2ccc(Cl)c(Cl)c2)ncc1Br. The number of hydrogen-bond donors (Lipinski definition) is 2. The molecule has 0 bridgehead atoms. The number of amides is 1. The minimum absolute atomic E-state index is 0.251. The lowest BCUT2D eigenvalue weighted by atomic mass is 10.3. The fourth-order valence-corrected chi connectivity index (χ4v) is 3.30. The largest absolute Gasteiger partial charge is 0.369 e. The Balaban J connectivity index is 1.56. The van der Waals surface area contributed by atoms with Crippen molar-refractivity contribution in [1.82, 2.24) is 14.9 Å². The van der Waals surface area contributed by atoms with E-state index in [1.165, 1.54) is 0 Å². The highest BCUT2D eigenvalue weighted by molar-refractivity contribution is 9.10. The Morgan fingerprint density at radius 3 is 2.85 bits per heavy atom. The molecular formula is C17H18BrCl2N5O. The molecule has 0 spiro atoms. The van der Waals surface area contributed by atoms with Crippen LogP contribution >= 0.6 is 39.1 Å². The number of halogens is 3. The lowest BCUT2D eigenvalue weighted by molar-refractivity contribution is -0.127. The van der Waals surface area contributed by atoms with Crippen molar-refractivity contribution in [2.45, 2.75) is 19.3 Å². The van der Waals surface area contributed by atoms with Gasteiger partial charge in [-0.05, 0) is 47.0 Å². The second kappa shape index (κ2) is 8.88. The van der Waals surface area contributed by atoms with E-state index in [0.29, 0.717) is 34.8 Å². The van der Waals surface area contributed by atoms with Crippen LogP contribution in [0.5, 0.6) is 0 Å². The highest BCUT2D eigenvalue weighted by Gasteiger charge is 2.19. The first-order valence-electron chi connectivity index (χ1n) is 8.29. The molecule has 1 aromatic heterocycles. The van der Waals surface area contributed by atoms with Crippen LogP contribution in [0.2, 0.25) is 10.0 Å². The molecule has 0 atom stereocenters. The Morgan fingerprint density at radius 1 is 1.27 bits per heavy atom. The minimum atomic E-state index is 0.251. The van der Waals surface area contributed by atoms with Gasteiger partial charge in [-0.1, -0.05) is 23.2 Å². The summed E-state index contributed by atoms with van der Waals surface area (Å²) in [5.74, 6) is 1.39. The molecule has 0 aliphatic carbocycles. The standard InChI is InChI=1S/C17H18BrCl2N5O/c18-12-10-22-17(23-11-4-5-13(19)14(20)9-11)24-16(12)21-6-2-8-25-7-1-3-15(25)26/h4-5,9-10H,1-3,6-8H2,(H2,21,22,23,24). The first-order valence-corrected chi connectivity index (χ1v) is 9.84. The van der Waals surface area contributed by atoms with Gasteiger partial charge in [0.05, 0.1) is 14.5 Å². The zero-order valence-electron chi connectivity index (χ0n) is 13.9. The Kier molecular flexibility index (Phi) is 6.56. The molecule has 0 radical (unpaired) electrons. The average molecular weight is 459 g/mol. The van der Waals surface area contributed by atoms with E-state index in [9.17, 15) is 4.79 Å². The van der Waals surface area contributed by atoms with Gasteiger partial charge < -0.3 is 15.5 Å². The molecular weight excluding hydrogens is 441 g/mol. The summed E-state index contributed by atoms with van der Waals surface area (Å²) in [6.45, 7) is 2.35. The van der Waals surface area contributed by atoms with Crippen molar-refractivity contribution in [2.75, 3.05) is 30.3 Å². The van der Waals surface area contributed by atoms with E-state index in [0.717, 1.165) is 36.1 Å². The van der Waals surface area contributed by atoms with Crippen LogP contribution in [-0.2, 0) is 4.79 Å². The van der Waals surface area contributed by atoms with Gasteiger partial charge in [-0.25, -0.2) is 4.98 Å². The predicted molar refractivity (Wildman–Crippen MR) is 108 cm³/mol. The van der Waals surface area contributed by atoms with E-state index in [2.05, 4.69) is 36.5 Å². The number of hydrogen-bond acceptors (Lipinski definition) is 5. The summed E-state index contributed by atoms with van der Waals surface area (Å²) in [5, 5.41) is 7.33. The molecule has 2 heterocycles. The smallest absolute Gasteiger partial charge is 0.229 e. The van der Waals surface area contributed by atoms with Gasteiger partial charge in [-0.15, -0.1) is 0 Å². The van der Waals surface area contributed by atoms with Crippen LogP contribution in [0.25, 0.3) is 0 Å². The number of rotatable bonds is 7. The highest BCUT2D eigenvalue weighted by Crippen LogP contribution is 2.27. The van der Waals surface area contributed by atoms with Crippen molar-refractivity contribution < 1.29 is 4.79 Å². The Labute approximate surface area is 170 Å². The van der Waals surface area contributed by atoms with Crippen molar-refractivity contribution in [3.05, 3.63) is 38.9 Å². The number of carbonyl (C=O) groups excluding carboxylic acids is 1. The van der Waals surface area contributed by atoms with E-state index in [4.69, 9.17) is 23.2 Å². The summed E-state index contributed by atoms with van der Waals surface area (Å²) >= 11 is 15.4. The van der Waals surface area contributed by atoms with Crippen molar-refractivity contribution in [3.8, 4) is 0 Å². The maximum absolute atomic E-state index is 11.6. The first kappa shape index (κ1) is 19.2. The maximum atomic E-state index is 11.6. The molecule has 6 nitrogen and oxygen atoms in total. The monoisotopic (exact) mass is 457 g/mol. The molecule has 1 aliphatic heterocycles. The van der Waals surface area contributed by atoms with Gasteiger partial charge in [0.25, 0.3) is 0 Å². The second-order valence-electron chi connectivity index (χ2n) is 5.91. The Morgan fingerprint density at radius 2 is 2.12 bits per heavy atom. The molecule has 0 saturated carbocycles. The fourth-order valence-electron chi connectivity index (χ4n) is 2.67. The number of nitrogens with zero attached hydrogens (tertiary/aromatic N) is 3. The number of carbonyl (C=O) groups is 1. The molecule has 1 aliphatic rings. The van der Waals surface area contributed by atoms with Crippen LogP contribution < -0.4 is 10.6 Å². The number of nitrogens with one attached hydrogen (secondary N) is 2. The number of anilines is 3. The van der Waals surface area contributed by atoms with Crippen LogP contribution in [0.15, 0.2) is 28.9 Å². The van der Waals surface area contributed by atoms with Gasteiger partial charge in [0.2, 0.25) is 11.9 Å². The zero-order chi connectivity index (χ0) is 18.5. The van der Waals surface area contributed by atoms with E-state index in [1.54, 1.807) is 24.4 Å². The summed E-state index contributed by atoms with van der Waals surface area (Å²) in [4.78, 5) is 22.2. The molecule has 0 unspecified atom stereocenters. The molecule has 9 heteroatoms. The van der Waals surface area contributed by atoms with E-state index in [-0.39, 0.29) is 5.91 Å². The van der Waals surface area contributed by atoms with Gasteiger partial charge in [0.1, 0.15) is 5.82 Å². The van der Waals surface area contributed by atoms with E-state index >= 15 is 0 Å². The molecule has 2 N–H and O–H groups in total. The van der Waals surface area contributed by atoms with Crippen molar-refractivity contribution >= 4 is 62.5 Å². The van der Waals surface area contributed by atoms with E-state index in [1.807, 2.05) is 4.90 Å². The average Bonchev–Trinajstić information content (AvgIpc) is 3.02. The molecule has 3 rings (SSSR count). The lowest BCUT2D eigenvalue weighted by Gasteiger charge is -2.16. The maximum Gasteiger partial charge on any atom is 0.229 e. The highest BCUT2D eigenvalue weighted by atomic mass is 79.9. The summed E-state index contributed by atoms with van der Waals surface area (Å²) in [6.07, 6.45) is 4.18. The third-order valence-corrected chi connectivity index (χ3v) is 5.31. The molecule has 138 valence electrons. The summed E-state index contributed by atoms with van der Waals surface area (Å²) in [5.41, 5.74) is 0.750. The summed E-state index contributed by atoms with van der Waals surface area (Å²) in [6, 6.07) is 5.24. The van der Waals surface area contributed by atoms with Crippen LogP contribution in [-0.4, -0.2) is 40.4 Å². The molecule has 1 aromatic carbocycles. The normalized spacial score (nSPS) is 14.0. The third kappa shape index (κ3) is 4.99. The van der Waals surface area contributed by atoms with Crippen molar-refractivity contribution in [1.29, 1.82) is 0 Å². The van der Waals surface area contributed by atoms with Gasteiger partial charge in [0.15, 0.2) is 0 Å². The topological polar surface area (TPSA) is 70.2 Å². The first-order chi connectivity index (χ1) is 12.5. The van der Waals surface area contributed by atoms with Crippen molar-refractivity contribution in [3.63, 3.8) is 0 Å². The Hall–Kier alpha value is -1.57. The molecule has 1 amide bonds. The van der Waals surface area contributed by atoms with Gasteiger partial charge in [0, 0.05) is 37.9 Å². The van der Waals surface area contributed by atoms with Crippen LogP contribution in [0.3, 0.4) is 0 Å². The van der Waals surface area contributed by atoms with Crippen molar-refractivity contribution in [2.24, 2.45) is 0 Å². The number of benzene rings is 1. The zero-order valence-corrected chi connectivity index (χ0v) is 17.0. The van der Waals surface area contributed by atoms with Gasteiger partial charge in [-0.3, -0.25) is 4.79 Å². The third-order valence-electron chi connectivity index (χ3n) is 3.99. The molecule has 2 aromatic rings.